The van der Waals surface area contributed by atoms with Gasteiger partial charge in [0.25, 0.3) is 0 Å². The molecular weight excluding hydrogens is 432 g/mol. The molecule has 4 heterocycles. The number of H-pyrrole nitrogens is 1. The third-order valence-electron chi connectivity index (χ3n) is 6.61. The summed E-state index contributed by atoms with van der Waals surface area (Å²) in [5.74, 6) is -1.10. The van der Waals surface area contributed by atoms with E-state index in [9.17, 15) is 4.39 Å². The van der Waals surface area contributed by atoms with Crippen LogP contribution in [0.4, 0.5) is 26.2 Å². The number of aromatic amines is 1. The number of anilines is 3. The fraction of sp³-hybridized carbons (Fsp3) is 0.333. The van der Waals surface area contributed by atoms with E-state index in [0.717, 1.165) is 18.9 Å². The van der Waals surface area contributed by atoms with Crippen LogP contribution in [-0.2, 0) is 0 Å². The second kappa shape index (κ2) is 6.85. The minimum atomic E-state index is -0.967. The highest BCUT2D eigenvalue weighted by molar-refractivity contribution is 6.15. The smallest absolute Gasteiger partial charge is 0.326 e. The molecule has 12 heteroatoms. The molecule has 4 aromatic rings. The van der Waals surface area contributed by atoms with E-state index in [2.05, 4.69) is 30.2 Å². The number of nitrogen functional groups attached to an aromatic ring is 1. The zero-order valence-corrected chi connectivity index (χ0v) is 17.7. The van der Waals surface area contributed by atoms with Crippen molar-refractivity contribution < 1.29 is 13.5 Å². The van der Waals surface area contributed by atoms with E-state index in [4.69, 9.17) is 16.2 Å². The lowest BCUT2D eigenvalue weighted by Crippen LogP contribution is -2.30. The molecule has 1 unspecified atom stereocenters. The van der Waals surface area contributed by atoms with Crippen molar-refractivity contribution in [1.82, 2.24) is 24.9 Å². The molecule has 6 rings (SSSR count). The van der Waals surface area contributed by atoms with Crippen LogP contribution >= 0.6 is 0 Å². The summed E-state index contributed by atoms with van der Waals surface area (Å²) >= 11 is 0. The van der Waals surface area contributed by atoms with Gasteiger partial charge in [0.1, 0.15) is 11.5 Å². The maximum Gasteiger partial charge on any atom is 0.326 e. The molecule has 0 bridgehead atoms. The Kier molecular flexibility index (Phi) is 4.12. The number of nitrogens with zero attached hydrogens (tertiary/aromatic N) is 5. The summed E-state index contributed by atoms with van der Waals surface area (Å²) in [5.41, 5.74) is 13.1. The van der Waals surface area contributed by atoms with Gasteiger partial charge in [-0.15, -0.1) is 0 Å². The predicted molar refractivity (Wildman–Crippen MR) is 119 cm³/mol. The van der Waals surface area contributed by atoms with Gasteiger partial charge in [-0.3, -0.25) is 0 Å². The topological polar surface area (TPSA) is 144 Å². The monoisotopic (exact) mass is 453 g/mol. The first kappa shape index (κ1) is 19.9. The Balaban J connectivity index is 1.57. The van der Waals surface area contributed by atoms with Crippen LogP contribution in [0, 0.1) is 17.0 Å². The van der Waals surface area contributed by atoms with Crippen molar-refractivity contribution in [3.05, 3.63) is 30.1 Å². The van der Waals surface area contributed by atoms with Crippen molar-refractivity contribution in [3.63, 3.8) is 0 Å². The van der Waals surface area contributed by atoms with Crippen molar-refractivity contribution in [2.75, 3.05) is 36.1 Å². The Morgan fingerprint density at radius 3 is 2.64 bits per heavy atom. The molecule has 3 aromatic heterocycles. The molecule has 1 saturated carbocycles. The minimum absolute atomic E-state index is 0.00892. The van der Waals surface area contributed by atoms with Gasteiger partial charge >= 0.3 is 6.01 Å². The number of halogens is 2. The lowest BCUT2D eigenvalue weighted by Gasteiger charge is -2.19. The van der Waals surface area contributed by atoms with Crippen molar-refractivity contribution in [1.29, 1.82) is 0 Å². The lowest BCUT2D eigenvalue weighted by molar-refractivity contribution is 0.440. The van der Waals surface area contributed by atoms with Crippen molar-refractivity contribution >= 4 is 39.4 Å². The molecule has 1 saturated heterocycles. The number of nitrogens with one attached hydrogen (secondary N) is 2. The molecule has 1 aliphatic heterocycles. The number of rotatable bonds is 4. The standard InChI is InChI=1S/C21H21F2N9O/c1-26-11-4-10(22)15(23)13-14-17(29-16(11)13)30-20(33-9-5-27-19(25)28-6-9)31-18(14)32-7-12(24)21(8-32)2-3-21/h4-6,12,26H,2-3,7-8,24H2,1H3,(H2,25,27,28)(H,29,30,31). The second-order valence-corrected chi connectivity index (χ2v) is 8.63. The zero-order valence-electron chi connectivity index (χ0n) is 17.7. The Bertz CT molecular complexity index is 1400. The number of hydrogen-bond acceptors (Lipinski definition) is 9. The predicted octanol–water partition coefficient (Wildman–Crippen LogP) is 2.52. The average Bonchev–Trinajstić information content (AvgIpc) is 3.37. The Morgan fingerprint density at radius 1 is 1.21 bits per heavy atom. The Hall–Kier alpha value is -3.80. The molecular formula is C21H21F2N9O. The second-order valence-electron chi connectivity index (χ2n) is 8.63. The number of ether oxygens (including phenoxy) is 1. The van der Waals surface area contributed by atoms with Crippen LogP contribution in [0.1, 0.15) is 12.8 Å². The van der Waals surface area contributed by atoms with Gasteiger partial charge in [-0.25, -0.2) is 18.7 Å². The number of benzene rings is 1. The van der Waals surface area contributed by atoms with Gasteiger partial charge in [0.2, 0.25) is 5.95 Å². The quantitative estimate of drug-likeness (QED) is 0.366. The van der Waals surface area contributed by atoms with Gasteiger partial charge in [0.05, 0.1) is 34.4 Å². The Labute approximate surface area is 186 Å². The van der Waals surface area contributed by atoms with Crippen molar-refractivity contribution in [2.45, 2.75) is 18.9 Å². The summed E-state index contributed by atoms with van der Waals surface area (Å²) < 4.78 is 35.3. The summed E-state index contributed by atoms with van der Waals surface area (Å²) in [6, 6.07) is 1.08. The molecule has 6 N–H and O–H groups in total. The van der Waals surface area contributed by atoms with E-state index < -0.39 is 11.6 Å². The summed E-state index contributed by atoms with van der Waals surface area (Å²) in [6.07, 6.45) is 4.87. The first-order chi connectivity index (χ1) is 15.9. The number of hydrogen-bond donors (Lipinski definition) is 4. The lowest BCUT2D eigenvalue weighted by atomic mass is 10.0. The molecule has 33 heavy (non-hydrogen) atoms. The minimum Gasteiger partial charge on any atom is -0.421 e. The summed E-state index contributed by atoms with van der Waals surface area (Å²) in [4.78, 5) is 21.9. The summed E-state index contributed by atoms with van der Waals surface area (Å²) in [5, 5.41) is 3.36. The van der Waals surface area contributed by atoms with E-state index in [1.165, 1.54) is 12.4 Å². The van der Waals surface area contributed by atoms with Gasteiger partial charge < -0.3 is 31.4 Å². The number of fused-ring (bicyclic) bond motifs is 3. The van der Waals surface area contributed by atoms with Crippen LogP contribution in [0.5, 0.6) is 11.8 Å². The normalized spacial score (nSPS) is 19.0. The van der Waals surface area contributed by atoms with Crippen LogP contribution < -0.4 is 26.4 Å². The maximum atomic E-state index is 15.1. The molecule has 0 radical (unpaired) electrons. The van der Waals surface area contributed by atoms with Gasteiger partial charge in [0.15, 0.2) is 17.4 Å². The summed E-state index contributed by atoms with van der Waals surface area (Å²) in [6.45, 7) is 1.21. The first-order valence-corrected chi connectivity index (χ1v) is 10.5. The molecule has 2 aliphatic rings. The molecule has 170 valence electrons. The van der Waals surface area contributed by atoms with Crippen LogP contribution in [0.15, 0.2) is 18.5 Å². The van der Waals surface area contributed by atoms with E-state index in [-0.39, 0.29) is 34.6 Å². The molecule has 1 aliphatic carbocycles. The van der Waals surface area contributed by atoms with Crippen molar-refractivity contribution in [2.24, 2.45) is 11.1 Å². The highest BCUT2D eigenvalue weighted by Gasteiger charge is 2.54. The van der Waals surface area contributed by atoms with E-state index in [1.807, 2.05) is 4.90 Å². The fourth-order valence-electron chi connectivity index (χ4n) is 4.66. The Morgan fingerprint density at radius 2 is 1.97 bits per heavy atom. The number of aromatic nitrogens is 5. The third-order valence-corrected chi connectivity index (χ3v) is 6.61. The van der Waals surface area contributed by atoms with Crippen molar-refractivity contribution in [3.8, 4) is 11.8 Å². The van der Waals surface area contributed by atoms with Crippen LogP contribution in [-0.4, -0.2) is 51.1 Å². The molecule has 1 spiro atoms. The largest absolute Gasteiger partial charge is 0.421 e. The molecule has 1 atom stereocenters. The van der Waals surface area contributed by atoms with Crippen LogP contribution in [0.25, 0.3) is 21.9 Å². The van der Waals surface area contributed by atoms with Gasteiger partial charge in [0, 0.05) is 37.7 Å². The maximum absolute atomic E-state index is 15.1. The molecule has 2 fully saturated rings. The van der Waals surface area contributed by atoms with Gasteiger partial charge in [-0.05, 0) is 12.8 Å². The van der Waals surface area contributed by atoms with Crippen LogP contribution in [0.3, 0.4) is 0 Å². The van der Waals surface area contributed by atoms with E-state index >= 15 is 4.39 Å². The first-order valence-electron chi connectivity index (χ1n) is 10.5. The van der Waals surface area contributed by atoms with Crippen LogP contribution in [0.2, 0.25) is 0 Å². The summed E-state index contributed by atoms with van der Waals surface area (Å²) in [7, 11) is 1.64. The third kappa shape index (κ3) is 3.01. The van der Waals surface area contributed by atoms with Gasteiger partial charge in [-0.1, -0.05) is 0 Å². The molecule has 1 aromatic carbocycles. The highest BCUT2D eigenvalue weighted by atomic mass is 19.2. The SMILES string of the molecule is CNc1cc(F)c(F)c2c1[nH]c1nc(Oc3cnc(N)nc3)nc(N3CC(N)C4(CC4)C3)c12. The number of nitrogens with two attached hydrogens (primary N) is 2. The molecule has 0 amide bonds. The van der Waals surface area contributed by atoms with E-state index in [1.54, 1.807) is 7.05 Å². The van der Waals surface area contributed by atoms with E-state index in [0.29, 0.717) is 41.1 Å². The molecule has 10 nitrogen and oxygen atoms in total. The fourth-order valence-corrected chi connectivity index (χ4v) is 4.66. The average molecular weight is 453 g/mol. The van der Waals surface area contributed by atoms with Gasteiger partial charge in [-0.2, -0.15) is 9.97 Å². The zero-order chi connectivity index (χ0) is 22.9. The highest BCUT2D eigenvalue weighted by Crippen LogP contribution is 2.53.